The molecule has 0 spiro atoms. The molecule has 8 heteroatoms. The first kappa shape index (κ1) is 21.4. The summed E-state index contributed by atoms with van der Waals surface area (Å²) in [5.41, 5.74) is 1.66. The van der Waals surface area contributed by atoms with E-state index in [0.29, 0.717) is 31.7 Å². The molecular weight excluding hydrogens is 394 g/mol. The van der Waals surface area contributed by atoms with Gasteiger partial charge in [-0.05, 0) is 35.9 Å². The molecule has 0 aromatic heterocycles. The highest BCUT2D eigenvalue weighted by Gasteiger charge is 2.21. The lowest BCUT2D eigenvalue weighted by Crippen LogP contribution is -2.48. The Balaban J connectivity index is 1.60. The monoisotopic (exact) mass is 418 g/mol. The number of nitrogens with zero attached hydrogens (tertiary/aromatic N) is 2. The number of alkyl halides is 2. The molecule has 0 N–H and O–H groups in total. The number of methoxy groups -OCH3 is 2. The third kappa shape index (κ3) is 5.20. The van der Waals surface area contributed by atoms with E-state index >= 15 is 0 Å². The molecule has 0 saturated carbocycles. The maximum absolute atomic E-state index is 12.5. The number of para-hydroxylation sites is 2. The lowest BCUT2D eigenvalue weighted by atomic mass is 10.1. The number of hydrogen-bond donors (Lipinski definition) is 0. The Kier molecular flexibility index (Phi) is 7.11. The number of amides is 1. The molecule has 1 heterocycles. The molecule has 160 valence electrons. The Morgan fingerprint density at radius 2 is 1.67 bits per heavy atom. The van der Waals surface area contributed by atoms with Crippen LogP contribution in [0.25, 0.3) is 6.08 Å². The fourth-order valence-corrected chi connectivity index (χ4v) is 3.31. The van der Waals surface area contributed by atoms with E-state index in [-0.39, 0.29) is 17.4 Å². The Bertz CT molecular complexity index is 896. The van der Waals surface area contributed by atoms with Gasteiger partial charge in [-0.1, -0.05) is 18.2 Å². The third-order valence-corrected chi connectivity index (χ3v) is 4.84. The van der Waals surface area contributed by atoms with Crippen molar-refractivity contribution >= 4 is 17.7 Å². The van der Waals surface area contributed by atoms with Crippen molar-refractivity contribution in [1.29, 1.82) is 0 Å². The van der Waals surface area contributed by atoms with E-state index in [4.69, 9.17) is 9.47 Å². The normalized spacial score (nSPS) is 14.3. The van der Waals surface area contributed by atoms with Crippen molar-refractivity contribution < 1.29 is 27.8 Å². The average molecular weight is 418 g/mol. The zero-order chi connectivity index (χ0) is 21.5. The van der Waals surface area contributed by atoms with Crippen LogP contribution in [-0.4, -0.2) is 57.8 Å². The van der Waals surface area contributed by atoms with Crippen LogP contribution in [-0.2, 0) is 4.79 Å². The van der Waals surface area contributed by atoms with Crippen molar-refractivity contribution in [3.05, 3.63) is 54.1 Å². The van der Waals surface area contributed by atoms with E-state index in [1.807, 2.05) is 24.3 Å². The molecule has 1 aliphatic heterocycles. The van der Waals surface area contributed by atoms with Crippen molar-refractivity contribution in [2.45, 2.75) is 6.61 Å². The predicted molar refractivity (Wildman–Crippen MR) is 110 cm³/mol. The van der Waals surface area contributed by atoms with Crippen molar-refractivity contribution in [1.82, 2.24) is 4.90 Å². The number of carbonyl (C=O) groups excluding carboxylic acids is 1. The van der Waals surface area contributed by atoms with Gasteiger partial charge in [0.2, 0.25) is 5.91 Å². The Labute approximate surface area is 174 Å². The van der Waals surface area contributed by atoms with E-state index in [2.05, 4.69) is 9.64 Å². The number of hydrogen-bond acceptors (Lipinski definition) is 5. The molecule has 2 aromatic rings. The summed E-state index contributed by atoms with van der Waals surface area (Å²) in [7, 11) is 3.01. The first-order valence-corrected chi connectivity index (χ1v) is 9.49. The van der Waals surface area contributed by atoms with Gasteiger partial charge < -0.3 is 24.0 Å². The Morgan fingerprint density at radius 3 is 2.33 bits per heavy atom. The highest BCUT2D eigenvalue weighted by Crippen LogP contribution is 2.30. The van der Waals surface area contributed by atoms with Crippen LogP contribution in [0, 0.1) is 0 Å². The summed E-state index contributed by atoms with van der Waals surface area (Å²) in [6.45, 7) is -0.352. The number of piperazine rings is 1. The van der Waals surface area contributed by atoms with Gasteiger partial charge in [-0.2, -0.15) is 8.78 Å². The average Bonchev–Trinajstić information content (AvgIpc) is 2.77. The van der Waals surface area contributed by atoms with Crippen LogP contribution in [0.3, 0.4) is 0 Å². The van der Waals surface area contributed by atoms with Gasteiger partial charge in [0.25, 0.3) is 0 Å². The SMILES string of the molecule is COc1cc(/C=C/C(=O)N2CCN(c3ccccc3OC)CC2)ccc1OC(F)F. The van der Waals surface area contributed by atoms with Crippen LogP contribution < -0.4 is 19.1 Å². The van der Waals surface area contributed by atoms with Crippen LogP contribution in [0.2, 0.25) is 0 Å². The molecule has 0 radical (unpaired) electrons. The maximum atomic E-state index is 12.5. The second-order valence-corrected chi connectivity index (χ2v) is 6.61. The summed E-state index contributed by atoms with van der Waals surface area (Å²) in [6.07, 6.45) is 3.10. The van der Waals surface area contributed by atoms with Gasteiger partial charge in [-0.3, -0.25) is 4.79 Å². The molecule has 0 unspecified atom stereocenters. The zero-order valence-corrected chi connectivity index (χ0v) is 16.9. The highest BCUT2D eigenvalue weighted by molar-refractivity contribution is 5.92. The first-order valence-electron chi connectivity index (χ1n) is 9.49. The first-order chi connectivity index (χ1) is 14.5. The van der Waals surface area contributed by atoms with E-state index < -0.39 is 6.61 Å². The molecule has 1 aliphatic rings. The predicted octanol–water partition coefficient (Wildman–Crippen LogP) is 3.67. The highest BCUT2D eigenvalue weighted by atomic mass is 19.3. The van der Waals surface area contributed by atoms with E-state index in [1.54, 1.807) is 30.2 Å². The number of halogens is 2. The van der Waals surface area contributed by atoms with Gasteiger partial charge in [-0.15, -0.1) is 0 Å². The van der Waals surface area contributed by atoms with Crippen molar-refractivity contribution in [2.75, 3.05) is 45.3 Å². The lowest BCUT2D eigenvalue weighted by molar-refractivity contribution is -0.126. The summed E-state index contributed by atoms with van der Waals surface area (Å²) in [5.74, 6) is 0.825. The summed E-state index contributed by atoms with van der Waals surface area (Å²) in [4.78, 5) is 16.5. The summed E-state index contributed by atoms with van der Waals surface area (Å²) in [5, 5.41) is 0. The molecule has 0 atom stereocenters. The van der Waals surface area contributed by atoms with Gasteiger partial charge in [0.05, 0.1) is 19.9 Å². The summed E-state index contributed by atoms with van der Waals surface area (Å²) < 4.78 is 39.7. The quantitative estimate of drug-likeness (QED) is 0.643. The van der Waals surface area contributed by atoms with Gasteiger partial charge in [0.15, 0.2) is 11.5 Å². The van der Waals surface area contributed by atoms with E-state index in [9.17, 15) is 13.6 Å². The molecule has 0 bridgehead atoms. The van der Waals surface area contributed by atoms with Crippen molar-refractivity contribution in [3.63, 3.8) is 0 Å². The van der Waals surface area contributed by atoms with Gasteiger partial charge in [-0.25, -0.2) is 0 Å². The fraction of sp³-hybridized carbons (Fsp3) is 0.318. The molecule has 3 rings (SSSR count). The standard InChI is InChI=1S/C22H24F2N2O4/c1-28-18-6-4-3-5-17(18)25-11-13-26(14-12-25)21(27)10-8-16-7-9-19(30-22(23)24)20(15-16)29-2/h3-10,15,22H,11-14H2,1-2H3/b10-8+. The number of benzene rings is 2. The van der Waals surface area contributed by atoms with Gasteiger partial charge in [0.1, 0.15) is 5.75 Å². The lowest BCUT2D eigenvalue weighted by Gasteiger charge is -2.36. The van der Waals surface area contributed by atoms with Crippen LogP contribution in [0.15, 0.2) is 48.5 Å². The number of anilines is 1. The summed E-state index contributed by atoms with van der Waals surface area (Å²) in [6, 6.07) is 12.3. The molecule has 6 nitrogen and oxygen atoms in total. The Morgan fingerprint density at radius 1 is 0.967 bits per heavy atom. The third-order valence-electron chi connectivity index (χ3n) is 4.84. The minimum absolute atomic E-state index is 0.0524. The molecular formula is C22H24F2N2O4. The van der Waals surface area contributed by atoms with Crippen molar-refractivity contribution in [3.8, 4) is 17.2 Å². The molecule has 1 fully saturated rings. The minimum Gasteiger partial charge on any atom is -0.495 e. The second kappa shape index (κ2) is 9.96. The topological polar surface area (TPSA) is 51.2 Å². The molecule has 1 saturated heterocycles. The number of rotatable bonds is 7. The zero-order valence-electron chi connectivity index (χ0n) is 16.9. The molecule has 30 heavy (non-hydrogen) atoms. The Hall–Kier alpha value is -3.29. The van der Waals surface area contributed by atoms with Crippen LogP contribution >= 0.6 is 0 Å². The molecule has 1 amide bonds. The van der Waals surface area contributed by atoms with Gasteiger partial charge >= 0.3 is 6.61 Å². The molecule has 0 aliphatic carbocycles. The molecule has 2 aromatic carbocycles. The van der Waals surface area contributed by atoms with Crippen molar-refractivity contribution in [2.24, 2.45) is 0 Å². The van der Waals surface area contributed by atoms with Crippen LogP contribution in [0.5, 0.6) is 17.2 Å². The fourth-order valence-electron chi connectivity index (χ4n) is 3.31. The van der Waals surface area contributed by atoms with Crippen LogP contribution in [0.4, 0.5) is 14.5 Å². The van der Waals surface area contributed by atoms with E-state index in [1.165, 1.54) is 19.3 Å². The largest absolute Gasteiger partial charge is 0.495 e. The maximum Gasteiger partial charge on any atom is 0.387 e. The number of carbonyl (C=O) groups is 1. The second-order valence-electron chi connectivity index (χ2n) is 6.61. The van der Waals surface area contributed by atoms with E-state index in [0.717, 1.165) is 11.4 Å². The van der Waals surface area contributed by atoms with Gasteiger partial charge in [0, 0.05) is 32.3 Å². The number of ether oxygens (including phenoxy) is 3. The van der Waals surface area contributed by atoms with Crippen LogP contribution in [0.1, 0.15) is 5.56 Å². The summed E-state index contributed by atoms with van der Waals surface area (Å²) >= 11 is 0. The smallest absolute Gasteiger partial charge is 0.387 e. The minimum atomic E-state index is -2.93.